The zero-order valence-electron chi connectivity index (χ0n) is 62.6. The van der Waals surface area contributed by atoms with Crippen molar-refractivity contribution in [1.82, 2.24) is 60.9 Å². The molecule has 11 amide bonds. The summed E-state index contributed by atoms with van der Waals surface area (Å²) in [7, 11) is 9.71. The Hall–Kier alpha value is -7.75. The lowest BCUT2D eigenvalue weighted by molar-refractivity contribution is -0.152. The first kappa shape index (κ1) is 86.5. The summed E-state index contributed by atoms with van der Waals surface area (Å²) in [6, 6.07) is 3.16. The van der Waals surface area contributed by atoms with Crippen LogP contribution in [0.4, 0.5) is 0 Å². The molecule has 1 heterocycles. The van der Waals surface area contributed by atoms with E-state index >= 15 is 14.4 Å². The summed E-state index contributed by atoms with van der Waals surface area (Å²) < 4.78 is 12.2. The predicted molar refractivity (Wildman–Crippen MR) is 381 cm³/mol. The minimum absolute atomic E-state index is 0.00497. The number of aliphatic hydroxyl groups excluding tert-OH is 1. The molecular weight excluding hydrogens is 1310 g/mol. The number of rotatable bonds is 38. The zero-order chi connectivity index (χ0) is 75.8. The number of hydrogen-bond acceptors (Lipinski definition) is 16. The van der Waals surface area contributed by atoms with Gasteiger partial charge in [-0.25, -0.2) is 0 Å². The van der Waals surface area contributed by atoms with Gasteiger partial charge >= 0.3 is 0 Å². The Labute approximate surface area is 597 Å². The highest BCUT2D eigenvalue weighted by molar-refractivity contribution is 6.32. The van der Waals surface area contributed by atoms with Gasteiger partial charge in [0.25, 0.3) is 0 Å². The van der Waals surface area contributed by atoms with E-state index in [2.05, 4.69) is 26.6 Å². The topological polar surface area (TPSA) is 326 Å². The molecule has 0 aromatic heterocycles. The lowest BCUT2D eigenvalue weighted by Crippen LogP contribution is -2.64. The molecule has 1 aliphatic heterocycles. The van der Waals surface area contributed by atoms with Crippen LogP contribution in [-0.4, -0.2) is 259 Å². The first-order valence-electron chi connectivity index (χ1n) is 34.6. The van der Waals surface area contributed by atoms with Crippen LogP contribution >= 0.6 is 11.6 Å². The van der Waals surface area contributed by atoms with E-state index in [9.17, 15) is 48.3 Å². The average molecular weight is 1420 g/mol. The number of halogens is 1. The number of benzene rings is 2. The van der Waals surface area contributed by atoms with E-state index in [1.165, 1.54) is 82.8 Å². The summed E-state index contributed by atoms with van der Waals surface area (Å²) in [6.07, 6.45) is -0.261. The van der Waals surface area contributed by atoms with Crippen LogP contribution in [0.25, 0.3) is 0 Å². The SMILES string of the molecule is CNC(=O)C[C@H](NC(=O)[C@H](C(C)C)N(C)C(=O)[C@H](Cc1ccccc1)N(C)C(=O)[C@H](COC(C)(C)C)NC(=O)[C@H](CC(C)C)N(C)C(C=O)N(C)C(=O)[C@@H](NC(=O)[C@@H](C)N(C)C(=O)[C@H](COc1ccccc1Cl)NC(=O)[C@H](CC(C)C)N(C)C(=O)CC(C)C)[C@@H](C)O)C(=O)N1CCCCC1. The van der Waals surface area contributed by atoms with Crippen LogP contribution in [0.5, 0.6) is 5.75 Å². The largest absolute Gasteiger partial charge is 0.489 e. The molecule has 2 aromatic carbocycles. The lowest BCUT2D eigenvalue weighted by atomic mass is 9.97. The van der Waals surface area contributed by atoms with E-state index in [0.29, 0.717) is 24.9 Å². The number of aldehydes is 1. The van der Waals surface area contributed by atoms with Crippen molar-refractivity contribution in [3.8, 4) is 5.75 Å². The molecule has 1 unspecified atom stereocenters. The number of likely N-dealkylation sites (N-methyl/N-ethyl adjacent to an activating group) is 6. The van der Waals surface area contributed by atoms with E-state index in [0.717, 1.165) is 29.1 Å². The monoisotopic (exact) mass is 1420 g/mol. The number of para-hydroxylation sites is 1. The molecule has 1 aliphatic rings. The Morgan fingerprint density at radius 2 is 1.11 bits per heavy atom. The summed E-state index contributed by atoms with van der Waals surface area (Å²) in [5.74, 6) is -8.15. The minimum Gasteiger partial charge on any atom is -0.489 e. The maximum atomic E-state index is 15.3. The van der Waals surface area contributed by atoms with Gasteiger partial charge in [0.2, 0.25) is 65.0 Å². The summed E-state index contributed by atoms with van der Waals surface area (Å²) in [5.41, 5.74) is -0.231. The van der Waals surface area contributed by atoms with Crippen LogP contribution in [0, 0.1) is 23.7 Å². The molecule has 560 valence electrons. The van der Waals surface area contributed by atoms with Gasteiger partial charge in [-0.15, -0.1) is 0 Å². The fourth-order valence-electron chi connectivity index (χ4n) is 11.7. The molecule has 28 heteroatoms. The molecule has 0 saturated carbocycles. The van der Waals surface area contributed by atoms with Gasteiger partial charge in [-0.05, 0) is 115 Å². The minimum atomic E-state index is -1.76. The fourth-order valence-corrected chi connectivity index (χ4v) is 11.9. The van der Waals surface area contributed by atoms with Crippen LogP contribution in [0.3, 0.4) is 0 Å². The molecule has 0 spiro atoms. The molecule has 0 bridgehead atoms. The van der Waals surface area contributed by atoms with Gasteiger partial charge < -0.3 is 70.6 Å². The predicted octanol–water partition coefficient (Wildman–Crippen LogP) is 3.65. The molecule has 0 radical (unpaired) electrons. The first-order valence-corrected chi connectivity index (χ1v) is 35.0. The van der Waals surface area contributed by atoms with Gasteiger partial charge in [-0.2, -0.15) is 0 Å². The van der Waals surface area contributed by atoms with E-state index in [-0.39, 0.29) is 66.5 Å². The van der Waals surface area contributed by atoms with Crippen molar-refractivity contribution in [1.29, 1.82) is 0 Å². The van der Waals surface area contributed by atoms with Crippen molar-refractivity contribution >= 4 is 82.9 Å². The Balaban J connectivity index is 2.01. The van der Waals surface area contributed by atoms with Gasteiger partial charge in [0.05, 0.1) is 35.8 Å². The number of amides is 11. The molecule has 1 fully saturated rings. The number of nitrogens with one attached hydrogen (secondary N) is 5. The number of piperidine rings is 1. The van der Waals surface area contributed by atoms with E-state index in [1.807, 2.05) is 41.5 Å². The molecule has 100 heavy (non-hydrogen) atoms. The highest BCUT2D eigenvalue weighted by Gasteiger charge is 2.44. The van der Waals surface area contributed by atoms with Crippen molar-refractivity contribution in [2.24, 2.45) is 23.7 Å². The molecular formula is C72H115ClN12O15. The van der Waals surface area contributed by atoms with Gasteiger partial charge in [0.1, 0.15) is 66.9 Å². The summed E-state index contributed by atoms with van der Waals surface area (Å²) in [6.45, 7) is 22.5. The van der Waals surface area contributed by atoms with Crippen molar-refractivity contribution in [3.05, 3.63) is 65.2 Å². The Morgan fingerprint density at radius 3 is 1.63 bits per heavy atom. The number of aliphatic hydroxyl groups is 1. The van der Waals surface area contributed by atoms with E-state index < -0.39 is 150 Å². The standard InChI is InChI=1S/C72H115ClN12O15/c1-43(2)35-54(64(91)77-53(42-100-72(11,12)13)68(95)82(18)56(38-49-29-23-21-24-30-49)70(97)84(20)62(46(7)8)66(93)75-51(39-58(88)74-14)69(96)85-33-27-22-28-34-85)80(16)59(40-86)83(19)71(98)61(48(10)87)78-63(90)47(9)79(15)67(94)52(41-99-57-32-26-25-31-50(57)73)76-65(92)55(36-44(3)4)81(17)60(89)37-45(5)6/h21,23-26,29-32,40,43-48,51-56,59,61-62,87H,22,27-28,33-39,41-42H2,1-20H3,(H,74,88)(H,75,93)(H,76,92)(H,77,91)(H,78,90)/t47-,48-,51+,52+,53+,54+,55+,56+,59?,61+,62+/m1/s1. The highest BCUT2D eigenvalue weighted by Crippen LogP contribution is 2.25. The zero-order valence-corrected chi connectivity index (χ0v) is 63.3. The normalized spacial score (nSPS) is 15.9. The molecule has 0 aliphatic carbocycles. The second kappa shape index (κ2) is 40.6. The molecule has 3 rings (SSSR count). The number of likely N-dealkylation sites (tertiary alicyclic amines) is 1. The Bertz CT molecular complexity index is 3070. The van der Waals surface area contributed by atoms with Gasteiger partial charge in [-0.1, -0.05) is 109 Å². The third-order valence-electron chi connectivity index (χ3n) is 17.7. The van der Waals surface area contributed by atoms with E-state index in [1.54, 1.807) is 94.1 Å². The van der Waals surface area contributed by atoms with Crippen molar-refractivity contribution < 1.29 is 72.1 Å². The maximum absolute atomic E-state index is 15.3. The average Bonchev–Trinajstić information content (AvgIpc) is 0.821. The van der Waals surface area contributed by atoms with Crippen molar-refractivity contribution in [3.63, 3.8) is 0 Å². The van der Waals surface area contributed by atoms with Crippen LogP contribution < -0.4 is 31.3 Å². The summed E-state index contributed by atoms with van der Waals surface area (Å²) in [4.78, 5) is 180. The highest BCUT2D eigenvalue weighted by atomic mass is 35.5. The maximum Gasteiger partial charge on any atom is 0.249 e. The number of carbonyl (C=O) groups is 12. The van der Waals surface area contributed by atoms with Gasteiger partial charge in [0.15, 0.2) is 6.29 Å². The summed E-state index contributed by atoms with van der Waals surface area (Å²) in [5, 5.41) is 24.9. The van der Waals surface area contributed by atoms with Crippen LogP contribution in [0.1, 0.15) is 141 Å². The van der Waals surface area contributed by atoms with Crippen LogP contribution in [0.2, 0.25) is 5.02 Å². The third kappa shape index (κ3) is 26.0. The number of carbonyl (C=O) groups excluding carboxylic acids is 12. The van der Waals surface area contributed by atoms with Crippen LogP contribution in [0.15, 0.2) is 54.6 Å². The van der Waals surface area contributed by atoms with Crippen molar-refractivity contribution in [2.75, 3.05) is 75.6 Å². The molecule has 2 aromatic rings. The fraction of sp³-hybridized carbons (Fsp3) is 0.667. The van der Waals surface area contributed by atoms with Crippen molar-refractivity contribution in [2.45, 2.75) is 214 Å². The number of nitrogens with zero attached hydrogens (tertiary/aromatic N) is 7. The summed E-state index contributed by atoms with van der Waals surface area (Å²) >= 11 is 6.41. The Morgan fingerprint density at radius 1 is 0.580 bits per heavy atom. The lowest BCUT2D eigenvalue weighted by Gasteiger charge is -2.40. The molecule has 11 atom stereocenters. The van der Waals surface area contributed by atoms with Gasteiger partial charge in [-0.3, -0.25) is 62.4 Å². The quantitative estimate of drug-likeness (QED) is 0.0413. The van der Waals surface area contributed by atoms with Gasteiger partial charge in [0, 0.05) is 68.2 Å². The van der Waals surface area contributed by atoms with Crippen LogP contribution in [-0.2, 0) is 68.7 Å². The second-order valence-corrected chi connectivity index (χ2v) is 29.2. The molecule has 6 N–H and O–H groups in total. The third-order valence-corrected chi connectivity index (χ3v) is 18.0. The second-order valence-electron chi connectivity index (χ2n) is 28.8. The van der Waals surface area contributed by atoms with E-state index in [4.69, 9.17) is 21.1 Å². The number of hydrogen-bond donors (Lipinski definition) is 6. The smallest absolute Gasteiger partial charge is 0.249 e. The molecule has 27 nitrogen and oxygen atoms in total. The first-order chi connectivity index (χ1) is 46.7. The molecule has 1 saturated heterocycles. The Kier molecular flexibility index (Phi) is 35.1. The number of ether oxygens (including phenoxy) is 2.